The number of H-pyrrole nitrogens is 1. The summed E-state index contributed by atoms with van der Waals surface area (Å²) in [5.74, 6) is 0.680. The number of pyridine rings is 2. The highest BCUT2D eigenvalue weighted by molar-refractivity contribution is 6.36. The lowest BCUT2D eigenvalue weighted by Gasteiger charge is -2.38. The van der Waals surface area contributed by atoms with Crippen LogP contribution in [0.2, 0.25) is 5.02 Å². The number of aromatic nitrogens is 6. The third-order valence-electron chi connectivity index (χ3n) is 6.73. The average Bonchev–Trinajstić information content (AvgIpc) is 3.40. The highest BCUT2D eigenvalue weighted by Crippen LogP contribution is 2.39. The maximum absolute atomic E-state index is 6.77. The van der Waals surface area contributed by atoms with Crippen LogP contribution < -0.4 is 10.2 Å². The van der Waals surface area contributed by atoms with Crippen LogP contribution in [0.15, 0.2) is 61.6 Å². The fourth-order valence-corrected chi connectivity index (χ4v) is 5.17. The third-order valence-corrected chi connectivity index (χ3v) is 7.04. The van der Waals surface area contributed by atoms with Crippen molar-refractivity contribution in [1.29, 1.82) is 0 Å². The van der Waals surface area contributed by atoms with Gasteiger partial charge in [-0.2, -0.15) is 0 Å². The van der Waals surface area contributed by atoms with Gasteiger partial charge in [-0.05, 0) is 42.8 Å². The van der Waals surface area contributed by atoms with E-state index in [2.05, 4.69) is 65.2 Å². The molecule has 36 heavy (non-hydrogen) atoms. The molecule has 5 heterocycles. The third kappa shape index (κ3) is 4.31. The van der Waals surface area contributed by atoms with Crippen molar-refractivity contribution in [1.82, 2.24) is 34.8 Å². The minimum Gasteiger partial charge on any atom is -0.367 e. The van der Waals surface area contributed by atoms with Crippen molar-refractivity contribution in [3.05, 3.63) is 77.7 Å². The molecule has 1 aliphatic rings. The second-order valence-electron chi connectivity index (χ2n) is 9.00. The van der Waals surface area contributed by atoms with Gasteiger partial charge in [-0.1, -0.05) is 11.6 Å². The fraction of sp³-hybridized carbons (Fsp3) is 0.269. The van der Waals surface area contributed by atoms with Crippen molar-refractivity contribution in [3.8, 4) is 0 Å². The molecule has 1 fully saturated rings. The van der Waals surface area contributed by atoms with Crippen LogP contribution in [0.4, 0.5) is 11.5 Å². The van der Waals surface area contributed by atoms with Crippen LogP contribution in [0.1, 0.15) is 24.1 Å². The molecule has 1 unspecified atom stereocenters. The second kappa shape index (κ2) is 9.67. The first-order valence-electron chi connectivity index (χ1n) is 12.0. The van der Waals surface area contributed by atoms with Gasteiger partial charge in [0, 0.05) is 62.3 Å². The Labute approximate surface area is 213 Å². The lowest BCUT2D eigenvalue weighted by Crippen LogP contribution is -2.46. The number of benzene rings is 1. The molecule has 1 aromatic carbocycles. The average molecular weight is 500 g/mol. The Morgan fingerprint density at radius 2 is 1.83 bits per heavy atom. The number of halogens is 1. The Kier molecular flexibility index (Phi) is 6.08. The Morgan fingerprint density at radius 3 is 2.67 bits per heavy atom. The normalized spacial score (nSPS) is 15.4. The van der Waals surface area contributed by atoms with Gasteiger partial charge in [0.2, 0.25) is 0 Å². The zero-order valence-electron chi connectivity index (χ0n) is 19.9. The number of nitrogens with zero attached hydrogens (tertiary/aromatic N) is 7. The summed E-state index contributed by atoms with van der Waals surface area (Å²) in [6, 6.07) is 10.1. The molecule has 0 aliphatic carbocycles. The summed E-state index contributed by atoms with van der Waals surface area (Å²) in [6.07, 6.45) is 8.70. The van der Waals surface area contributed by atoms with E-state index in [1.807, 2.05) is 30.7 Å². The van der Waals surface area contributed by atoms with Crippen molar-refractivity contribution in [3.63, 3.8) is 0 Å². The molecule has 2 N–H and O–H groups in total. The van der Waals surface area contributed by atoms with E-state index in [0.29, 0.717) is 22.0 Å². The van der Waals surface area contributed by atoms with Crippen LogP contribution in [0.3, 0.4) is 0 Å². The van der Waals surface area contributed by atoms with Gasteiger partial charge in [0.1, 0.15) is 11.8 Å². The fourth-order valence-electron chi connectivity index (χ4n) is 4.90. The lowest BCUT2D eigenvalue weighted by atomic mass is 10.0. The highest BCUT2D eigenvalue weighted by atomic mass is 35.5. The SMILES string of the molecule is CC(Nc1ncnc2[nH]cnc12)c1cc(Cl)c2cccnc2c1N1CCN(Cc2ccncc2)CC1. The molecule has 4 aromatic heterocycles. The molecule has 0 spiro atoms. The molecule has 0 amide bonds. The zero-order chi connectivity index (χ0) is 24.5. The predicted molar refractivity (Wildman–Crippen MR) is 142 cm³/mol. The molecule has 6 rings (SSSR count). The largest absolute Gasteiger partial charge is 0.367 e. The second-order valence-corrected chi connectivity index (χ2v) is 9.41. The molecular weight excluding hydrogens is 474 g/mol. The first kappa shape index (κ1) is 22.6. The molecule has 1 saturated heterocycles. The van der Waals surface area contributed by atoms with Crippen LogP contribution in [-0.2, 0) is 6.54 Å². The van der Waals surface area contributed by atoms with E-state index in [0.717, 1.165) is 54.9 Å². The van der Waals surface area contributed by atoms with Crippen LogP contribution >= 0.6 is 11.6 Å². The Hall–Kier alpha value is -3.82. The first-order chi connectivity index (χ1) is 17.7. The van der Waals surface area contributed by atoms with E-state index in [9.17, 15) is 0 Å². The first-order valence-corrected chi connectivity index (χ1v) is 12.4. The van der Waals surface area contributed by atoms with Crippen molar-refractivity contribution < 1.29 is 0 Å². The summed E-state index contributed by atoms with van der Waals surface area (Å²) in [7, 11) is 0. The maximum atomic E-state index is 6.77. The van der Waals surface area contributed by atoms with Gasteiger partial charge in [-0.15, -0.1) is 0 Å². The zero-order valence-corrected chi connectivity index (χ0v) is 20.7. The standard InChI is InChI=1S/C26H26ClN9/c1-17(34-26-23-25(31-15-30-23)32-16-33-26)20-13-21(27)19-3-2-6-29-22(19)24(20)36-11-9-35(10-12-36)14-18-4-7-28-8-5-18/h2-8,13,15-17H,9-12,14H2,1H3,(H2,30,31,32,33,34). The number of imidazole rings is 1. The van der Waals surface area contributed by atoms with Crippen molar-refractivity contribution in [2.75, 3.05) is 36.4 Å². The summed E-state index contributed by atoms with van der Waals surface area (Å²) in [5.41, 5.74) is 5.81. The number of nitrogens with one attached hydrogen (secondary N) is 2. The molecule has 0 saturated carbocycles. The number of piperazine rings is 1. The Balaban J connectivity index is 1.32. The summed E-state index contributed by atoms with van der Waals surface area (Å²) < 4.78 is 0. The minimum atomic E-state index is -0.0893. The van der Waals surface area contributed by atoms with E-state index in [1.165, 1.54) is 11.9 Å². The monoisotopic (exact) mass is 499 g/mol. The summed E-state index contributed by atoms with van der Waals surface area (Å²) in [4.78, 5) is 29.9. The van der Waals surface area contributed by atoms with E-state index in [4.69, 9.17) is 16.6 Å². The smallest absolute Gasteiger partial charge is 0.162 e. The maximum Gasteiger partial charge on any atom is 0.162 e. The van der Waals surface area contributed by atoms with E-state index < -0.39 is 0 Å². The number of aromatic amines is 1. The van der Waals surface area contributed by atoms with E-state index in [1.54, 1.807) is 6.33 Å². The van der Waals surface area contributed by atoms with Gasteiger partial charge in [0.05, 0.1) is 28.6 Å². The molecule has 182 valence electrons. The van der Waals surface area contributed by atoms with Gasteiger partial charge < -0.3 is 15.2 Å². The summed E-state index contributed by atoms with van der Waals surface area (Å²) >= 11 is 6.77. The van der Waals surface area contributed by atoms with Gasteiger partial charge in [0.15, 0.2) is 11.5 Å². The number of anilines is 2. The minimum absolute atomic E-state index is 0.0893. The summed E-state index contributed by atoms with van der Waals surface area (Å²) in [6.45, 7) is 6.75. The Bertz CT molecular complexity index is 1500. The van der Waals surface area contributed by atoms with Gasteiger partial charge in [0.25, 0.3) is 0 Å². The van der Waals surface area contributed by atoms with Crippen molar-refractivity contribution in [2.45, 2.75) is 19.5 Å². The van der Waals surface area contributed by atoms with E-state index >= 15 is 0 Å². The highest BCUT2D eigenvalue weighted by Gasteiger charge is 2.25. The van der Waals surface area contributed by atoms with Crippen LogP contribution in [-0.4, -0.2) is 61.0 Å². The predicted octanol–water partition coefficient (Wildman–Crippen LogP) is 4.44. The lowest BCUT2D eigenvalue weighted by molar-refractivity contribution is 0.250. The van der Waals surface area contributed by atoms with Gasteiger partial charge in [-0.3, -0.25) is 14.9 Å². The van der Waals surface area contributed by atoms with Crippen LogP contribution in [0.5, 0.6) is 0 Å². The topological polar surface area (TPSA) is 98.8 Å². The molecule has 9 nitrogen and oxygen atoms in total. The number of hydrogen-bond acceptors (Lipinski definition) is 8. The molecular formula is C26H26ClN9. The van der Waals surface area contributed by atoms with Crippen LogP contribution in [0, 0.1) is 0 Å². The molecule has 0 radical (unpaired) electrons. The van der Waals surface area contributed by atoms with Gasteiger partial charge >= 0.3 is 0 Å². The molecule has 1 aliphatic heterocycles. The molecule has 10 heteroatoms. The molecule has 1 atom stereocenters. The van der Waals surface area contributed by atoms with Crippen molar-refractivity contribution in [2.24, 2.45) is 0 Å². The summed E-state index contributed by atoms with van der Waals surface area (Å²) in [5, 5.41) is 5.19. The van der Waals surface area contributed by atoms with Crippen molar-refractivity contribution >= 4 is 45.2 Å². The van der Waals surface area contributed by atoms with Gasteiger partial charge in [-0.25, -0.2) is 15.0 Å². The molecule has 5 aromatic rings. The number of hydrogen-bond donors (Lipinski definition) is 2. The number of rotatable bonds is 6. The van der Waals surface area contributed by atoms with Crippen LogP contribution in [0.25, 0.3) is 22.1 Å². The Morgan fingerprint density at radius 1 is 1.00 bits per heavy atom. The number of fused-ring (bicyclic) bond motifs is 2. The van der Waals surface area contributed by atoms with E-state index in [-0.39, 0.29) is 6.04 Å². The quantitative estimate of drug-likeness (QED) is 0.353. The molecule has 0 bridgehead atoms.